The van der Waals surface area contributed by atoms with Crippen molar-refractivity contribution in [2.45, 2.75) is 11.5 Å². The van der Waals surface area contributed by atoms with E-state index in [2.05, 4.69) is 20.0 Å². The quantitative estimate of drug-likeness (QED) is 0.240. The molecule has 4 aromatic rings. The Balaban J connectivity index is 1.55. The first-order valence-corrected chi connectivity index (χ1v) is 11.4. The standard InChI is InChI=1S/C22H15N5O6S/c28-22-17-9-8-14(10-13(17)12-33-22)23-20-21(25-19-7-2-1-6-18(19)24-20)26-34(31,32)16-5-3-4-15(11-16)27(29)30/h1-11H,12H2,(H,23,24)(H,25,26). The number of aromatic nitrogens is 2. The number of carbonyl (C=O) groups excluding carboxylic acids is 1. The lowest BCUT2D eigenvalue weighted by Crippen LogP contribution is -2.16. The maximum absolute atomic E-state index is 13.0. The van der Waals surface area contributed by atoms with Crippen molar-refractivity contribution in [3.8, 4) is 0 Å². The molecule has 3 aromatic carbocycles. The van der Waals surface area contributed by atoms with Gasteiger partial charge in [-0.15, -0.1) is 0 Å². The molecule has 0 saturated heterocycles. The smallest absolute Gasteiger partial charge is 0.338 e. The van der Waals surface area contributed by atoms with Crippen molar-refractivity contribution in [3.63, 3.8) is 0 Å². The second kappa shape index (κ2) is 8.08. The number of anilines is 3. The van der Waals surface area contributed by atoms with E-state index in [1.165, 1.54) is 18.2 Å². The van der Waals surface area contributed by atoms with Gasteiger partial charge in [0.05, 0.1) is 26.4 Å². The summed E-state index contributed by atoms with van der Waals surface area (Å²) >= 11 is 0. The van der Waals surface area contributed by atoms with E-state index in [-0.39, 0.29) is 28.8 Å². The Labute approximate surface area is 192 Å². The Morgan fingerprint density at radius 2 is 1.68 bits per heavy atom. The summed E-state index contributed by atoms with van der Waals surface area (Å²) in [5, 5.41) is 14.1. The van der Waals surface area contributed by atoms with Crippen LogP contribution in [0, 0.1) is 10.1 Å². The van der Waals surface area contributed by atoms with Crippen LogP contribution in [0.5, 0.6) is 0 Å². The second-order valence-electron chi connectivity index (χ2n) is 7.34. The highest BCUT2D eigenvalue weighted by molar-refractivity contribution is 7.92. The molecule has 5 rings (SSSR count). The van der Waals surface area contributed by atoms with Gasteiger partial charge >= 0.3 is 5.97 Å². The summed E-state index contributed by atoms with van der Waals surface area (Å²) in [6, 6.07) is 16.5. The number of fused-ring (bicyclic) bond motifs is 2. The van der Waals surface area contributed by atoms with Gasteiger partial charge < -0.3 is 10.1 Å². The van der Waals surface area contributed by atoms with Crippen LogP contribution < -0.4 is 10.0 Å². The molecule has 1 aliphatic rings. The SMILES string of the molecule is O=C1OCc2cc(Nc3nc4ccccc4nc3NS(=O)(=O)c3cccc([N+](=O)[O-])c3)ccc21. The first-order chi connectivity index (χ1) is 16.3. The lowest BCUT2D eigenvalue weighted by molar-refractivity contribution is -0.385. The van der Waals surface area contributed by atoms with E-state index in [0.717, 1.165) is 6.07 Å². The first kappa shape index (κ1) is 21.3. The number of esters is 1. The summed E-state index contributed by atoms with van der Waals surface area (Å²) in [4.78, 5) is 30.7. The van der Waals surface area contributed by atoms with Crippen LogP contribution >= 0.6 is 0 Å². The molecule has 0 aliphatic carbocycles. The van der Waals surface area contributed by atoms with Crippen molar-refractivity contribution in [2.24, 2.45) is 0 Å². The van der Waals surface area contributed by atoms with E-state index in [0.29, 0.717) is 27.8 Å². The summed E-state index contributed by atoms with van der Waals surface area (Å²) in [7, 11) is -4.23. The largest absolute Gasteiger partial charge is 0.457 e. The van der Waals surface area contributed by atoms with Gasteiger partial charge in [-0.2, -0.15) is 0 Å². The molecule has 0 fully saturated rings. The highest BCUT2D eigenvalue weighted by Crippen LogP contribution is 2.30. The number of nitrogens with zero attached hydrogens (tertiary/aromatic N) is 3. The summed E-state index contributed by atoms with van der Waals surface area (Å²) in [6.45, 7) is 0.138. The van der Waals surface area contributed by atoms with Gasteiger partial charge in [-0.3, -0.25) is 14.8 Å². The highest BCUT2D eigenvalue weighted by Gasteiger charge is 2.23. The molecule has 12 heteroatoms. The molecular formula is C22H15N5O6S. The Morgan fingerprint density at radius 3 is 2.41 bits per heavy atom. The Kier molecular flexibility index (Phi) is 5.06. The van der Waals surface area contributed by atoms with Gasteiger partial charge in [0.15, 0.2) is 11.6 Å². The zero-order chi connectivity index (χ0) is 23.9. The number of cyclic esters (lactones) is 1. The van der Waals surface area contributed by atoms with E-state index in [9.17, 15) is 23.3 Å². The maximum atomic E-state index is 13.0. The number of para-hydroxylation sites is 2. The average molecular weight is 477 g/mol. The fourth-order valence-electron chi connectivity index (χ4n) is 3.46. The minimum absolute atomic E-state index is 0.0990. The normalized spacial score (nSPS) is 12.8. The molecule has 2 N–H and O–H groups in total. The molecule has 0 radical (unpaired) electrons. The number of carbonyl (C=O) groups is 1. The van der Waals surface area contributed by atoms with Crippen molar-refractivity contribution >= 4 is 50.0 Å². The maximum Gasteiger partial charge on any atom is 0.338 e. The number of non-ortho nitro benzene ring substituents is 1. The van der Waals surface area contributed by atoms with Crippen LogP contribution in [0.3, 0.4) is 0 Å². The number of hydrogen-bond acceptors (Lipinski definition) is 9. The Hall–Kier alpha value is -4.58. The van der Waals surface area contributed by atoms with Crippen LogP contribution in [0.2, 0.25) is 0 Å². The number of nitro benzene ring substituents is 1. The zero-order valence-corrected chi connectivity index (χ0v) is 18.1. The average Bonchev–Trinajstić information content (AvgIpc) is 3.19. The van der Waals surface area contributed by atoms with Gasteiger partial charge in [0.2, 0.25) is 0 Å². The predicted molar refractivity (Wildman–Crippen MR) is 122 cm³/mol. The van der Waals surface area contributed by atoms with Crippen molar-refractivity contribution < 1.29 is 22.9 Å². The van der Waals surface area contributed by atoms with Crippen LogP contribution in [-0.2, 0) is 21.4 Å². The predicted octanol–water partition coefficient (Wildman–Crippen LogP) is 3.75. The van der Waals surface area contributed by atoms with Crippen LogP contribution in [0.25, 0.3) is 11.0 Å². The number of benzene rings is 3. The minimum Gasteiger partial charge on any atom is -0.457 e. The van der Waals surface area contributed by atoms with Gasteiger partial charge in [0.1, 0.15) is 6.61 Å². The Bertz CT molecular complexity index is 1590. The first-order valence-electron chi connectivity index (χ1n) is 9.91. The molecule has 0 atom stereocenters. The third-order valence-electron chi connectivity index (χ3n) is 5.09. The molecule has 170 valence electrons. The topological polar surface area (TPSA) is 153 Å². The number of sulfonamides is 1. The van der Waals surface area contributed by atoms with Crippen LogP contribution in [-0.4, -0.2) is 29.3 Å². The molecule has 34 heavy (non-hydrogen) atoms. The second-order valence-corrected chi connectivity index (χ2v) is 9.02. The lowest BCUT2D eigenvalue weighted by Gasteiger charge is -2.14. The van der Waals surface area contributed by atoms with Gasteiger partial charge in [-0.25, -0.2) is 23.2 Å². The summed E-state index contributed by atoms with van der Waals surface area (Å²) in [5.41, 5.74) is 2.28. The number of nitro groups is 1. The molecule has 0 amide bonds. The fourth-order valence-corrected chi connectivity index (χ4v) is 4.50. The molecule has 0 saturated carbocycles. The van der Waals surface area contributed by atoms with Crippen molar-refractivity contribution in [3.05, 3.63) is 88.0 Å². The minimum atomic E-state index is -4.23. The summed E-state index contributed by atoms with van der Waals surface area (Å²) in [6.07, 6.45) is 0. The fraction of sp³-hybridized carbons (Fsp3) is 0.0455. The van der Waals surface area contributed by atoms with E-state index >= 15 is 0 Å². The van der Waals surface area contributed by atoms with Crippen LogP contribution in [0.4, 0.5) is 23.0 Å². The molecule has 1 aliphatic heterocycles. The van der Waals surface area contributed by atoms with Gasteiger partial charge in [0, 0.05) is 23.4 Å². The number of ether oxygens (including phenoxy) is 1. The number of hydrogen-bond donors (Lipinski definition) is 2. The van der Waals surface area contributed by atoms with Gasteiger partial charge in [-0.1, -0.05) is 18.2 Å². The molecule has 2 heterocycles. The monoisotopic (exact) mass is 477 g/mol. The molecule has 0 bridgehead atoms. The van der Waals surface area contributed by atoms with E-state index in [1.807, 2.05) is 0 Å². The number of nitrogens with one attached hydrogen (secondary N) is 2. The Morgan fingerprint density at radius 1 is 0.941 bits per heavy atom. The third-order valence-corrected chi connectivity index (χ3v) is 6.42. The zero-order valence-electron chi connectivity index (χ0n) is 17.3. The highest BCUT2D eigenvalue weighted by atomic mass is 32.2. The third kappa shape index (κ3) is 3.97. The van der Waals surface area contributed by atoms with Gasteiger partial charge in [-0.05, 0) is 36.4 Å². The van der Waals surface area contributed by atoms with Gasteiger partial charge in [0.25, 0.3) is 15.7 Å². The molecule has 11 nitrogen and oxygen atoms in total. The van der Waals surface area contributed by atoms with Crippen molar-refractivity contribution in [2.75, 3.05) is 10.0 Å². The van der Waals surface area contributed by atoms with Crippen LogP contribution in [0.15, 0.2) is 71.6 Å². The van der Waals surface area contributed by atoms with Crippen LogP contribution in [0.1, 0.15) is 15.9 Å². The van der Waals surface area contributed by atoms with E-state index < -0.39 is 20.9 Å². The number of rotatable bonds is 6. The molecular weight excluding hydrogens is 462 g/mol. The molecule has 0 spiro atoms. The molecule has 1 aromatic heterocycles. The molecule has 0 unspecified atom stereocenters. The van der Waals surface area contributed by atoms with E-state index in [1.54, 1.807) is 42.5 Å². The van der Waals surface area contributed by atoms with Crippen molar-refractivity contribution in [1.29, 1.82) is 0 Å². The summed E-state index contributed by atoms with van der Waals surface area (Å²) in [5.74, 6) is -0.395. The van der Waals surface area contributed by atoms with E-state index in [4.69, 9.17) is 4.74 Å². The lowest BCUT2D eigenvalue weighted by atomic mass is 10.1. The summed E-state index contributed by atoms with van der Waals surface area (Å²) < 4.78 is 33.4. The van der Waals surface area contributed by atoms with Crippen molar-refractivity contribution in [1.82, 2.24) is 9.97 Å².